The average molecular weight is 177 g/mol. The summed E-state index contributed by atoms with van der Waals surface area (Å²) in [6.45, 7) is 3.56. The van der Waals surface area contributed by atoms with Crippen molar-refractivity contribution in [3.63, 3.8) is 0 Å². The molecule has 0 aliphatic carbocycles. The number of nitriles is 1. The van der Waals surface area contributed by atoms with Crippen molar-refractivity contribution in [2.45, 2.75) is 13.8 Å². The van der Waals surface area contributed by atoms with Crippen LogP contribution in [0.4, 0.5) is 0 Å². The third-order valence-corrected chi connectivity index (χ3v) is 2.17. The first kappa shape index (κ1) is 9.40. The number of nitrogens with zero attached hydrogens (tertiary/aromatic N) is 1. The van der Waals surface area contributed by atoms with Gasteiger partial charge in [0.15, 0.2) is 11.5 Å². The third-order valence-electron chi connectivity index (χ3n) is 2.17. The van der Waals surface area contributed by atoms with E-state index in [0.29, 0.717) is 16.9 Å². The lowest BCUT2D eigenvalue weighted by Crippen LogP contribution is -1.92. The van der Waals surface area contributed by atoms with Crippen LogP contribution in [0.3, 0.4) is 0 Å². The van der Waals surface area contributed by atoms with Gasteiger partial charge in [0, 0.05) is 6.07 Å². The summed E-state index contributed by atoms with van der Waals surface area (Å²) in [5.74, 6) is 0.457. The van der Waals surface area contributed by atoms with E-state index in [2.05, 4.69) is 0 Å². The minimum Gasteiger partial charge on any atom is -0.504 e. The molecule has 0 aliphatic heterocycles. The van der Waals surface area contributed by atoms with Gasteiger partial charge in [0.25, 0.3) is 0 Å². The molecular weight excluding hydrogens is 166 g/mol. The largest absolute Gasteiger partial charge is 0.504 e. The highest BCUT2D eigenvalue weighted by Crippen LogP contribution is 2.33. The number of methoxy groups -OCH3 is 1. The minimum absolute atomic E-state index is 0.110. The maximum Gasteiger partial charge on any atom is 0.162 e. The van der Waals surface area contributed by atoms with Crippen LogP contribution in [0.1, 0.15) is 16.7 Å². The topological polar surface area (TPSA) is 53.2 Å². The molecule has 1 rings (SSSR count). The average Bonchev–Trinajstić information content (AvgIpc) is 2.15. The lowest BCUT2D eigenvalue weighted by atomic mass is 10.0. The number of aromatic hydroxyl groups is 1. The van der Waals surface area contributed by atoms with Crippen LogP contribution >= 0.6 is 0 Å². The van der Waals surface area contributed by atoms with Gasteiger partial charge >= 0.3 is 0 Å². The second-order valence-corrected chi connectivity index (χ2v) is 2.84. The van der Waals surface area contributed by atoms with Crippen molar-refractivity contribution in [1.82, 2.24) is 0 Å². The highest BCUT2D eigenvalue weighted by Gasteiger charge is 2.11. The van der Waals surface area contributed by atoms with Crippen molar-refractivity contribution in [3.05, 3.63) is 22.8 Å². The monoisotopic (exact) mass is 177 g/mol. The standard InChI is InChI=1S/C10H11NO2/c1-6-7(2)10(12)9(13-3)4-8(6)5-11/h4,12H,1-3H3. The van der Waals surface area contributed by atoms with Crippen LogP contribution in [0.25, 0.3) is 0 Å². The van der Waals surface area contributed by atoms with E-state index in [9.17, 15) is 5.11 Å². The van der Waals surface area contributed by atoms with Crippen molar-refractivity contribution in [1.29, 1.82) is 5.26 Å². The van der Waals surface area contributed by atoms with Gasteiger partial charge in [0.1, 0.15) is 0 Å². The normalized spacial score (nSPS) is 9.38. The van der Waals surface area contributed by atoms with Crippen LogP contribution in [0.2, 0.25) is 0 Å². The molecule has 13 heavy (non-hydrogen) atoms. The van der Waals surface area contributed by atoms with E-state index in [1.54, 1.807) is 13.8 Å². The van der Waals surface area contributed by atoms with Crippen molar-refractivity contribution in [2.24, 2.45) is 0 Å². The predicted octanol–water partition coefficient (Wildman–Crippen LogP) is 1.89. The maximum atomic E-state index is 9.56. The molecule has 0 atom stereocenters. The number of phenols is 1. The Morgan fingerprint density at radius 3 is 2.46 bits per heavy atom. The molecule has 0 saturated carbocycles. The number of benzene rings is 1. The molecule has 0 heterocycles. The highest BCUT2D eigenvalue weighted by molar-refractivity contribution is 5.56. The summed E-state index contributed by atoms with van der Waals surface area (Å²) < 4.78 is 4.92. The fraction of sp³-hybridized carbons (Fsp3) is 0.300. The van der Waals surface area contributed by atoms with Gasteiger partial charge in [0.05, 0.1) is 18.7 Å². The Morgan fingerprint density at radius 1 is 1.38 bits per heavy atom. The van der Waals surface area contributed by atoms with Gasteiger partial charge in [0.2, 0.25) is 0 Å². The Balaban J connectivity index is 3.48. The van der Waals surface area contributed by atoms with E-state index in [0.717, 1.165) is 5.56 Å². The lowest BCUT2D eigenvalue weighted by Gasteiger charge is -2.09. The van der Waals surface area contributed by atoms with Crippen molar-refractivity contribution < 1.29 is 9.84 Å². The van der Waals surface area contributed by atoms with Gasteiger partial charge < -0.3 is 9.84 Å². The summed E-state index contributed by atoms with van der Waals surface area (Å²) in [5.41, 5.74) is 2.02. The highest BCUT2D eigenvalue weighted by atomic mass is 16.5. The lowest BCUT2D eigenvalue weighted by molar-refractivity contribution is 0.371. The Labute approximate surface area is 77.2 Å². The van der Waals surface area contributed by atoms with Crippen LogP contribution in [0.15, 0.2) is 6.07 Å². The second kappa shape index (κ2) is 3.36. The fourth-order valence-corrected chi connectivity index (χ4v) is 1.14. The minimum atomic E-state index is 0.110. The molecule has 0 unspecified atom stereocenters. The molecule has 1 N–H and O–H groups in total. The Hall–Kier alpha value is -1.69. The van der Waals surface area contributed by atoms with Crippen molar-refractivity contribution >= 4 is 0 Å². The smallest absolute Gasteiger partial charge is 0.162 e. The summed E-state index contributed by atoms with van der Waals surface area (Å²) in [4.78, 5) is 0. The summed E-state index contributed by atoms with van der Waals surface area (Å²) in [6, 6.07) is 3.59. The van der Waals surface area contributed by atoms with Gasteiger partial charge in [-0.25, -0.2) is 0 Å². The summed E-state index contributed by atoms with van der Waals surface area (Å²) >= 11 is 0. The number of rotatable bonds is 1. The van der Waals surface area contributed by atoms with Gasteiger partial charge in [-0.2, -0.15) is 5.26 Å². The molecule has 3 heteroatoms. The van der Waals surface area contributed by atoms with E-state index in [1.807, 2.05) is 6.07 Å². The summed E-state index contributed by atoms with van der Waals surface area (Å²) in [5, 5.41) is 18.3. The van der Waals surface area contributed by atoms with E-state index >= 15 is 0 Å². The molecular formula is C10H11NO2. The first-order valence-electron chi connectivity index (χ1n) is 3.89. The summed E-state index contributed by atoms with van der Waals surface area (Å²) in [7, 11) is 1.46. The molecule has 1 aromatic rings. The zero-order valence-electron chi connectivity index (χ0n) is 7.88. The third kappa shape index (κ3) is 1.43. The van der Waals surface area contributed by atoms with Crippen LogP contribution < -0.4 is 4.74 Å². The van der Waals surface area contributed by atoms with Crippen LogP contribution in [-0.4, -0.2) is 12.2 Å². The molecule has 0 aliphatic rings. The number of phenolic OH excluding ortho intramolecular Hbond substituents is 1. The molecule has 0 bridgehead atoms. The molecule has 0 fully saturated rings. The van der Waals surface area contributed by atoms with Crippen LogP contribution in [-0.2, 0) is 0 Å². The first-order chi connectivity index (χ1) is 6.11. The molecule has 0 radical (unpaired) electrons. The van der Waals surface area contributed by atoms with Gasteiger partial charge in [-0.1, -0.05) is 0 Å². The second-order valence-electron chi connectivity index (χ2n) is 2.84. The number of hydrogen-bond acceptors (Lipinski definition) is 3. The van der Waals surface area contributed by atoms with Gasteiger partial charge in [-0.05, 0) is 25.0 Å². The molecule has 0 aromatic heterocycles. The predicted molar refractivity (Wildman–Crippen MR) is 48.8 cm³/mol. The molecule has 0 amide bonds. The zero-order valence-corrected chi connectivity index (χ0v) is 7.88. The van der Waals surface area contributed by atoms with Crippen molar-refractivity contribution in [3.8, 4) is 17.6 Å². The quantitative estimate of drug-likeness (QED) is 0.712. The van der Waals surface area contributed by atoms with Gasteiger partial charge in [-0.3, -0.25) is 0 Å². The number of hydrogen-bond donors (Lipinski definition) is 1. The van der Waals surface area contributed by atoms with Crippen molar-refractivity contribution in [2.75, 3.05) is 7.11 Å². The fourth-order valence-electron chi connectivity index (χ4n) is 1.14. The Morgan fingerprint density at radius 2 is 2.00 bits per heavy atom. The Bertz CT molecular complexity index is 377. The van der Waals surface area contributed by atoms with E-state index in [4.69, 9.17) is 10.00 Å². The van der Waals surface area contributed by atoms with E-state index in [1.165, 1.54) is 13.2 Å². The maximum absolute atomic E-state index is 9.56. The Kier molecular flexibility index (Phi) is 2.43. The molecule has 3 nitrogen and oxygen atoms in total. The number of ether oxygens (including phenoxy) is 1. The van der Waals surface area contributed by atoms with E-state index < -0.39 is 0 Å². The molecule has 0 saturated heterocycles. The summed E-state index contributed by atoms with van der Waals surface area (Å²) in [6.07, 6.45) is 0. The SMILES string of the molecule is COc1cc(C#N)c(C)c(C)c1O. The zero-order chi connectivity index (χ0) is 10.0. The van der Waals surface area contributed by atoms with Crippen LogP contribution in [0.5, 0.6) is 11.5 Å². The molecule has 0 spiro atoms. The van der Waals surface area contributed by atoms with E-state index in [-0.39, 0.29) is 5.75 Å². The first-order valence-corrected chi connectivity index (χ1v) is 3.89. The molecule has 68 valence electrons. The van der Waals surface area contributed by atoms with Gasteiger partial charge in [-0.15, -0.1) is 0 Å². The van der Waals surface area contributed by atoms with Crippen LogP contribution in [0, 0.1) is 25.2 Å². The molecule has 1 aromatic carbocycles.